The van der Waals surface area contributed by atoms with Gasteiger partial charge in [0.25, 0.3) is 5.69 Å². The molecular formula is C22H18N4O4. The number of nitro groups is 1. The number of rotatable bonds is 3. The molecule has 0 aliphatic carbocycles. The van der Waals surface area contributed by atoms with Crippen LogP contribution in [0.1, 0.15) is 17.2 Å². The molecule has 3 aromatic rings. The zero-order chi connectivity index (χ0) is 21.1. The van der Waals surface area contributed by atoms with E-state index in [9.17, 15) is 19.7 Å². The molecule has 0 saturated heterocycles. The molecule has 1 atom stereocenters. The van der Waals surface area contributed by atoms with E-state index >= 15 is 0 Å². The van der Waals surface area contributed by atoms with E-state index < -0.39 is 17.0 Å². The van der Waals surface area contributed by atoms with Gasteiger partial charge in [-0.1, -0.05) is 48.5 Å². The smallest absolute Gasteiger partial charge is 0.323 e. The quantitative estimate of drug-likeness (QED) is 0.507. The Balaban J connectivity index is 1.83. The lowest BCUT2D eigenvalue weighted by Gasteiger charge is -2.30. The summed E-state index contributed by atoms with van der Waals surface area (Å²) in [6, 6.07) is 21.1. The molecule has 0 bridgehead atoms. The van der Waals surface area contributed by atoms with Crippen molar-refractivity contribution in [2.75, 3.05) is 17.2 Å². The molecular weight excluding hydrogens is 384 g/mol. The van der Waals surface area contributed by atoms with Crippen LogP contribution in [-0.2, 0) is 4.79 Å². The number of carbonyl (C=O) groups is 2. The van der Waals surface area contributed by atoms with Crippen LogP contribution in [0.3, 0.4) is 0 Å². The molecule has 4 rings (SSSR count). The first-order valence-corrected chi connectivity index (χ1v) is 9.29. The summed E-state index contributed by atoms with van der Waals surface area (Å²) in [5.41, 5.74) is 2.12. The molecule has 1 heterocycles. The number of benzene rings is 3. The number of amides is 3. The Bertz CT molecular complexity index is 1100. The van der Waals surface area contributed by atoms with E-state index in [0.29, 0.717) is 16.9 Å². The molecule has 1 aliphatic heterocycles. The van der Waals surface area contributed by atoms with Crippen molar-refractivity contribution >= 4 is 29.0 Å². The van der Waals surface area contributed by atoms with E-state index in [1.165, 1.54) is 23.1 Å². The Hall–Kier alpha value is -4.20. The number of nitrogens with one attached hydrogen (secondary N) is 2. The van der Waals surface area contributed by atoms with Crippen molar-refractivity contribution in [3.05, 3.63) is 100 Å². The average Bonchev–Trinajstić information content (AvgIpc) is 2.90. The van der Waals surface area contributed by atoms with E-state index in [-0.39, 0.29) is 18.1 Å². The lowest BCUT2D eigenvalue weighted by atomic mass is 9.95. The molecule has 1 aliphatic rings. The van der Waals surface area contributed by atoms with Crippen molar-refractivity contribution in [3.63, 3.8) is 0 Å². The zero-order valence-electron chi connectivity index (χ0n) is 15.8. The van der Waals surface area contributed by atoms with Crippen molar-refractivity contribution in [1.29, 1.82) is 0 Å². The highest BCUT2D eigenvalue weighted by Gasteiger charge is 2.34. The van der Waals surface area contributed by atoms with Gasteiger partial charge in [0, 0.05) is 29.1 Å². The summed E-state index contributed by atoms with van der Waals surface area (Å²) in [4.78, 5) is 38.0. The van der Waals surface area contributed by atoms with Gasteiger partial charge in [-0.15, -0.1) is 0 Å². The van der Waals surface area contributed by atoms with Crippen molar-refractivity contribution < 1.29 is 14.5 Å². The van der Waals surface area contributed by atoms with Gasteiger partial charge in [0.05, 0.1) is 11.0 Å². The number of para-hydroxylation sites is 1. The van der Waals surface area contributed by atoms with Crippen LogP contribution in [0.2, 0.25) is 0 Å². The van der Waals surface area contributed by atoms with Crippen molar-refractivity contribution in [2.24, 2.45) is 0 Å². The van der Waals surface area contributed by atoms with E-state index in [2.05, 4.69) is 10.6 Å². The summed E-state index contributed by atoms with van der Waals surface area (Å²) in [7, 11) is 0. The molecule has 8 nitrogen and oxygen atoms in total. The van der Waals surface area contributed by atoms with Gasteiger partial charge >= 0.3 is 6.03 Å². The Kier molecular flexibility index (Phi) is 5.13. The monoisotopic (exact) mass is 402 g/mol. The summed E-state index contributed by atoms with van der Waals surface area (Å²) < 4.78 is 0. The molecule has 150 valence electrons. The van der Waals surface area contributed by atoms with E-state index in [0.717, 1.165) is 5.56 Å². The summed E-state index contributed by atoms with van der Waals surface area (Å²) in [5.74, 6) is -0.383. The summed E-state index contributed by atoms with van der Waals surface area (Å²) in [5, 5.41) is 16.9. The number of nitrogens with zero attached hydrogens (tertiary/aromatic N) is 2. The van der Waals surface area contributed by atoms with Gasteiger partial charge < -0.3 is 15.5 Å². The molecule has 1 unspecified atom stereocenters. The first kappa shape index (κ1) is 19.1. The normalized spacial score (nSPS) is 15.5. The first-order chi connectivity index (χ1) is 14.5. The number of anilines is 2. The number of carbonyl (C=O) groups excluding carboxylic acids is 2. The van der Waals surface area contributed by atoms with Crippen LogP contribution >= 0.6 is 0 Å². The topological polar surface area (TPSA) is 105 Å². The van der Waals surface area contributed by atoms with Crippen molar-refractivity contribution in [1.82, 2.24) is 4.90 Å². The van der Waals surface area contributed by atoms with Gasteiger partial charge in [0.1, 0.15) is 6.54 Å². The lowest BCUT2D eigenvalue weighted by Crippen LogP contribution is -2.41. The lowest BCUT2D eigenvalue weighted by molar-refractivity contribution is -0.384. The Morgan fingerprint density at radius 3 is 2.37 bits per heavy atom. The fourth-order valence-corrected chi connectivity index (χ4v) is 3.51. The van der Waals surface area contributed by atoms with Crippen LogP contribution in [0, 0.1) is 10.1 Å². The van der Waals surface area contributed by atoms with Crippen LogP contribution in [0.4, 0.5) is 21.9 Å². The van der Waals surface area contributed by atoms with Gasteiger partial charge in [0.15, 0.2) is 0 Å². The number of urea groups is 1. The van der Waals surface area contributed by atoms with E-state index in [1.54, 1.807) is 24.3 Å². The van der Waals surface area contributed by atoms with Gasteiger partial charge in [-0.2, -0.15) is 0 Å². The number of non-ortho nitro benzene ring substituents is 1. The van der Waals surface area contributed by atoms with E-state index in [4.69, 9.17) is 0 Å². The minimum atomic E-state index is -0.691. The van der Waals surface area contributed by atoms with Crippen LogP contribution in [-0.4, -0.2) is 28.3 Å². The molecule has 3 amide bonds. The second-order valence-electron chi connectivity index (χ2n) is 6.81. The van der Waals surface area contributed by atoms with Gasteiger partial charge in [0.2, 0.25) is 5.91 Å². The number of fused-ring (bicyclic) bond motifs is 1. The van der Waals surface area contributed by atoms with Crippen LogP contribution in [0.15, 0.2) is 78.9 Å². The molecule has 8 heteroatoms. The number of nitro benzene ring substituents is 1. The molecule has 2 N–H and O–H groups in total. The third-order valence-electron chi connectivity index (χ3n) is 4.84. The third-order valence-corrected chi connectivity index (χ3v) is 4.84. The summed E-state index contributed by atoms with van der Waals surface area (Å²) >= 11 is 0. The van der Waals surface area contributed by atoms with E-state index in [1.807, 2.05) is 36.4 Å². The first-order valence-electron chi connectivity index (χ1n) is 9.29. The maximum Gasteiger partial charge on any atom is 0.323 e. The highest BCUT2D eigenvalue weighted by molar-refractivity contribution is 5.99. The maximum atomic E-state index is 13.2. The second kappa shape index (κ2) is 8.04. The van der Waals surface area contributed by atoms with Gasteiger partial charge in [-0.3, -0.25) is 14.9 Å². The van der Waals surface area contributed by atoms with Gasteiger partial charge in [-0.05, 0) is 23.8 Å². The number of hydrogen-bond acceptors (Lipinski definition) is 4. The fourth-order valence-electron chi connectivity index (χ4n) is 3.51. The molecule has 0 spiro atoms. The minimum absolute atomic E-state index is 0.116. The highest BCUT2D eigenvalue weighted by atomic mass is 16.6. The van der Waals surface area contributed by atoms with Crippen LogP contribution < -0.4 is 10.6 Å². The SMILES string of the molecule is O=C1CN(C(=O)Nc2ccccc2)C(c2ccccc2)c2cc([N+](=O)[O-])ccc2N1. The molecule has 0 saturated carbocycles. The largest absolute Gasteiger partial charge is 0.324 e. The van der Waals surface area contributed by atoms with Crippen LogP contribution in [0.25, 0.3) is 0 Å². The Morgan fingerprint density at radius 2 is 1.70 bits per heavy atom. The molecule has 0 aromatic heterocycles. The third kappa shape index (κ3) is 3.83. The summed E-state index contributed by atoms with van der Waals surface area (Å²) in [6.07, 6.45) is 0. The summed E-state index contributed by atoms with van der Waals surface area (Å²) in [6.45, 7) is -0.208. The maximum absolute atomic E-state index is 13.2. The molecule has 0 fully saturated rings. The predicted molar refractivity (Wildman–Crippen MR) is 112 cm³/mol. The standard InChI is InChI=1S/C22H18N4O4/c27-20-14-25(22(28)23-16-9-5-2-6-10-16)21(15-7-3-1-4-8-15)18-13-17(26(29)30)11-12-19(18)24-20/h1-13,21H,14H2,(H,23,28)(H,24,27). The predicted octanol–water partition coefficient (Wildman–Crippen LogP) is 4.17. The zero-order valence-corrected chi connectivity index (χ0v) is 15.8. The molecule has 3 aromatic carbocycles. The number of hydrogen-bond donors (Lipinski definition) is 2. The second-order valence-corrected chi connectivity index (χ2v) is 6.81. The average molecular weight is 402 g/mol. The van der Waals surface area contributed by atoms with Gasteiger partial charge in [-0.25, -0.2) is 4.79 Å². The Morgan fingerprint density at radius 1 is 1.03 bits per heavy atom. The van der Waals surface area contributed by atoms with Crippen molar-refractivity contribution in [2.45, 2.75) is 6.04 Å². The van der Waals surface area contributed by atoms with Crippen LogP contribution in [0.5, 0.6) is 0 Å². The molecule has 0 radical (unpaired) electrons. The fraction of sp³-hybridized carbons (Fsp3) is 0.0909. The highest BCUT2D eigenvalue weighted by Crippen LogP contribution is 2.38. The molecule has 30 heavy (non-hydrogen) atoms. The van der Waals surface area contributed by atoms with Crippen molar-refractivity contribution in [3.8, 4) is 0 Å². The Labute approximate surface area is 172 Å². The minimum Gasteiger partial charge on any atom is -0.324 e.